The van der Waals surface area contributed by atoms with E-state index in [-0.39, 0.29) is 5.91 Å². The molecule has 2 aromatic rings. The van der Waals surface area contributed by atoms with Gasteiger partial charge in [-0.15, -0.1) is 0 Å². The third kappa shape index (κ3) is 2.35. The highest BCUT2D eigenvalue weighted by Crippen LogP contribution is 2.40. The summed E-state index contributed by atoms with van der Waals surface area (Å²) in [6.45, 7) is 0.299. The standard InChI is InChI=1S/C15H9Cl2N3O/c16-10-4-11-14(12(17)5-10)13(6-18)20(15(11)21)8-9-2-1-3-19-7-9/h1-5,7,13H,8H2. The van der Waals surface area contributed by atoms with E-state index in [0.29, 0.717) is 27.7 Å². The van der Waals surface area contributed by atoms with Crippen LogP contribution in [0.3, 0.4) is 0 Å². The molecule has 1 aromatic carbocycles. The van der Waals surface area contributed by atoms with Gasteiger partial charge in [-0.1, -0.05) is 29.3 Å². The molecule has 0 saturated heterocycles. The van der Waals surface area contributed by atoms with Crippen molar-refractivity contribution in [2.75, 3.05) is 0 Å². The van der Waals surface area contributed by atoms with Crippen LogP contribution in [-0.2, 0) is 6.54 Å². The van der Waals surface area contributed by atoms with Gasteiger partial charge in [0.1, 0.15) is 6.04 Å². The first-order valence-corrected chi connectivity index (χ1v) is 6.96. The number of halogens is 2. The molecule has 0 N–H and O–H groups in total. The summed E-state index contributed by atoms with van der Waals surface area (Å²) in [4.78, 5) is 18.0. The Morgan fingerprint density at radius 3 is 2.86 bits per heavy atom. The molecule has 3 rings (SSSR count). The van der Waals surface area contributed by atoms with Gasteiger partial charge in [0.05, 0.1) is 6.07 Å². The molecular formula is C15H9Cl2N3O. The quantitative estimate of drug-likeness (QED) is 0.850. The van der Waals surface area contributed by atoms with E-state index >= 15 is 0 Å². The number of amides is 1. The van der Waals surface area contributed by atoms with E-state index in [1.807, 2.05) is 6.07 Å². The second-order valence-corrected chi connectivity index (χ2v) is 5.52. The van der Waals surface area contributed by atoms with Crippen LogP contribution in [0.15, 0.2) is 36.7 Å². The fraction of sp³-hybridized carbons (Fsp3) is 0.133. The normalized spacial score (nSPS) is 16.7. The largest absolute Gasteiger partial charge is 0.314 e. The van der Waals surface area contributed by atoms with E-state index in [9.17, 15) is 10.1 Å². The molecule has 104 valence electrons. The average molecular weight is 318 g/mol. The molecule has 1 unspecified atom stereocenters. The third-order valence-electron chi connectivity index (χ3n) is 3.37. The zero-order chi connectivity index (χ0) is 15.0. The Morgan fingerprint density at radius 1 is 1.38 bits per heavy atom. The molecule has 6 heteroatoms. The predicted octanol–water partition coefficient (Wildman–Crippen LogP) is 3.61. The van der Waals surface area contributed by atoms with Crippen molar-refractivity contribution < 1.29 is 4.79 Å². The Hall–Kier alpha value is -2.09. The van der Waals surface area contributed by atoms with Gasteiger partial charge in [0, 0.05) is 40.1 Å². The highest BCUT2D eigenvalue weighted by Gasteiger charge is 2.38. The Balaban J connectivity index is 2.03. The zero-order valence-electron chi connectivity index (χ0n) is 10.8. The third-order valence-corrected chi connectivity index (χ3v) is 3.90. The van der Waals surface area contributed by atoms with Gasteiger partial charge in [0.25, 0.3) is 5.91 Å². The minimum Gasteiger partial charge on any atom is -0.314 e. The van der Waals surface area contributed by atoms with Gasteiger partial charge in [0.15, 0.2) is 0 Å². The topological polar surface area (TPSA) is 57.0 Å². The van der Waals surface area contributed by atoms with Crippen molar-refractivity contribution in [1.29, 1.82) is 5.26 Å². The van der Waals surface area contributed by atoms with E-state index in [1.54, 1.807) is 30.6 Å². The van der Waals surface area contributed by atoms with Crippen molar-refractivity contribution in [1.82, 2.24) is 9.88 Å². The van der Waals surface area contributed by atoms with E-state index < -0.39 is 6.04 Å². The smallest absolute Gasteiger partial charge is 0.256 e. The number of nitrogens with zero attached hydrogens (tertiary/aromatic N) is 3. The first kappa shape index (κ1) is 13.9. The minimum absolute atomic E-state index is 0.246. The lowest BCUT2D eigenvalue weighted by molar-refractivity contribution is 0.0744. The zero-order valence-corrected chi connectivity index (χ0v) is 12.3. The Bertz CT molecular complexity index is 756. The van der Waals surface area contributed by atoms with Gasteiger partial charge in [-0.2, -0.15) is 5.26 Å². The number of aromatic nitrogens is 1. The van der Waals surface area contributed by atoms with E-state index in [0.717, 1.165) is 5.56 Å². The number of pyridine rings is 1. The Kier molecular flexibility index (Phi) is 3.54. The lowest BCUT2D eigenvalue weighted by Gasteiger charge is -2.20. The summed E-state index contributed by atoms with van der Waals surface area (Å²) in [5.74, 6) is -0.246. The number of hydrogen-bond acceptors (Lipinski definition) is 3. The van der Waals surface area contributed by atoms with Crippen LogP contribution >= 0.6 is 23.2 Å². The van der Waals surface area contributed by atoms with Crippen LogP contribution in [0.5, 0.6) is 0 Å². The van der Waals surface area contributed by atoms with Gasteiger partial charge < -0.3 is 4.90 Å². The molecule has 0 radical (unpaired) electrons. The lowest BCUT2D eigenvalue weighted by Crippen LogP contribution is -2.26. The maximum atomic E-state index is 12.5. The molecule has 1 amide bonds. The molecular weight excluding hydrogens is 309 g/mol. The lowest BCUT2D eigenvalue weighted by atomic mass is 10.1. The molecule has 1 aliphatic rings. The summed E-state index contributed by atoms with van der Waals surface area (Å²) in [6, 6.07) is 8.17. The predicted molar refractivity (Wildman–Crippen MR) is 78.9 cm³/mol. The average Bonchev–Trinajstić information content (AvgIpc) is 2.73. The summed E-state index contributed by atoms with van der Waals surface area (Å²) in [7, 11) is 0. The van der Waals surface area contributed by atoms with Crippen LogP contribution in [0.1, 0.15) is 27.5 Å². The first-order valence-electron chi connectivity index (χ1n) is 6.20. The van der Waals surface area contributed by atoms with Crippen LogP contribution in [0, 0.1) is 11.3 Å². The summed E-state index contributed by atoms with van der Waals surface area (Å²) in [5.41, 5.74) is 1.77. The first-order chi connectivity index (χ1) is 10.1. The van der Waals surface area contributed by atoms with Gasteiger partial charge in [-0.25, -0.2) is 0 Å². The Morgan fingerprint density at radius 2 is 2.19 bits per heavy atom. The molecule has 1 atom stereocenters. The minimum atomic E-state index is -0.711. The van der Waals surface area contributed by atoms with Crippen LogP contribution < -0.4 is 0 Å². The van der Waals surface area contributed by atoms with Gasteiger partial charge in [-0.3, -0.25) is 9.78 Å². The molecule has 0 saturated carbocycles. The summed E-state index contributed by atoms with van der Waals surface area (Å²) >= 11 is 12.1. The van der Waals surface area contributed by atoms with Gasteiger partial charge in [-0.05, 0) is 23.8 Å². The summed E-state index contributed by atoms with van der Waals surface area (Å²) < 4.78 is 0. The highest BCUT2D eigenvalue weighted by molar-refractivity contribution is 6.36. The summed E-state index contributed by atoms with van der Waals surface area (Å²) in [6.07, 6.45) is 3.32. The van der Waals surface area contributed by atoms with Gasteiger partial charge >= 0.3 is 0 Å². The van der Waals surface area contributed by atoms with E-state index in [4.69, 9.17) is 23.2 Å². The molecule has 21 heavy (non-hydrogen) atoms. The van der Waals surface area contributed by atoms with Crippen molar-refractivity contribution in [2.45, 2.75) is 12.6 Å². The molecule has 0 aliphatic carbocycles. The van der Waals surface area contributed by atoms with Crippen molar-refractivity contribution >= 4 is 29.1 Å². The van der Waals surface area contributed by atoms with E-state index in [2.05, 4.69) is 11.1 Å². The molecule has 1 aromatic heterocycles. The SMILES string of the molecule is N#CC1c2c(Cl)cc(Cl)cc2C(=O)N1Cc1cccnc1. The Labute approximate surface area is 131 Å². The molecule has 0 spiro atoms. The number of nitriles is 1. The fourth-order valence-corrected chi connectivity index (χ4v) is 3.05. The molecule has 4 nitrogen and oxygen atoms in total. The second-order valence-electron chi connectivity index (χ2n) is 4.67. The van der Waals surface area contributed by atoms with Crippen LogP contribution in [-0.4, -0.2) is 15.8 Å². The summed E-state index contributed by atoms with van der Waals surface area (Å²) in [5, 5.41) is 10.1. The van der Waals surface area contributed by atoms with Crippen molar-refractivity contribution in [3.05, 3.63) is 63.4 Å². The second kappa shape index (κ2) is 5.36. The highest BCUT2D eigenvalue weighted by atomic mass is 35.5. The number of fused-ring (bicyclic) bond motifs is 1. The molecule has 0 fully saturated rings. The number of benzene rings is 1. The number of carbonyl (C=O) groups is 1. The molecule has 1 aliphatic heterocycles. The number of hydrogen-bond donors (Lipinski definition) is 0. The van der Waals surface area contributed by atoms with Crippen LogP contribution in [0.4, 0.5) is 0 Å². The molecule has 0 bridgehead atoms. The maximum absolute atomic E-state index is 12.5. The van der Waals surface area contributed by atoms with Crippen LogP contribution in [0.25, 0.3) is 0 Å². The van der Waals surface area contributed by atoms with Crippen molar-refractivity contribution in [3.63, 3.8) is 0 Å². The van der Waals surface area contributed by atoms with Crippen LogP contribution in [0.2, 0.25) is 10.0 Å². The number of carbonyl (C=O) groups excluding carboxylic acids is 1. The van der Waals surface area contributed by atoms with Gasteiger partial charge in [0.2, 0.25) is 0 Å². The fourth-order valence-electron chi connectivity index (χ4n) is 2.45. The number of rotatable bonds is 2. The maximum Gasteiger partial charge on any atom is 0.256 e. The van der Waals surface area contributed by atoms with Crippen molar-refractivity contribution in [3.8, 4) is 6.07 Å². The monoisotopic (exact) mass is 317 g/mol. The van der Waals surface area contributed by atoms with E-state index in [1.165, 1.54) is 4.90 Å². The molecule has 2 heterocycles. The van der Waals surface area contributed by atoms with Crippen molar-refractivity contribution in [2.24, 2.45) is 0 Å².